The topological polar surface area (TPSA) is 12.9 Å². The van der Waals surface area contributed by atoms with Crippen LogP contribution in [0.4, 0.5) is 0 Å². The van der Waals surface area contributed by atoms with Gasteiger partial charge in [-0.25, -0.2) is 0 Å². The third kappa shape index (κ3) is 0.932. The summed E-state index contributed by atoms with van der Waals surface area (Å²) in [5.74, 6) is 0. The maximum Gasteiger partial charge on any atom is 0.0683 e. The van der Waals surface area contributed by atoms with Crippen molar-refractivity contribution in [1.29, 1.82) is 0 Å². The van der Waals surface area contributed by atoms with Crippen molar-refractivity contribution < 1.29 is 0 Å². The molecule has 0 saturated heterocycles. The minimum atomic E-state index is 1.25. The molecule has 1 aromatic heterocycles. The van der Waals surface area contributed by atoms with Crippen LogP contribution in [0.5, 0.6) is 0 Å². The van der Waals surface area contributed by atoms with E-state index in [0.717, 1.165) is 0 Å². The number of fused-ring (bicyclic) bond motifs is 1. The average Bonchev–Trinajstić information content (AvgIpc) is 2.36. The third-order valence-corrected chi connectivity index (χ3v) is 3.45. The Labute approximate surface area is 76.4 Å². The van der Waals surface area contributed by atoms with Gasteiger partial charge in [-0.05, 0) is 40.2 Å². The first-order valence-corrected chi connectivity index (χ1v) is 4.72. The number of rotatable bonds is 0. The fraction of sp³-hybridized carbons (Fsp3) is 0. The largest absolute Gasteiger partial charge is 0.200 e. The molecular weight excluding hydrogens is 257 g/mol. The van der Waals surface area contributed by atoms with Gasteiger partial charge in [-0.1, -0.05) is 12.1 Å². The molecule has 0 aliphatic carbocycles. The molecule has 3 heteroatoms. The third-order valence-electron chi connectivity index (χ3n) is 1.33. The molecule has 0 bridgehead atoms. The lowest BCUT2D eigenvalue weighted by atomic mass is 10.3. The molecule has 0 amide bonds. The standard InChI is InChI=1S/C7H4INS/c8-6-3-1-2-5-4-9-10-7(5)6/h1-4H. The highest BCUT2D eigenvalue weighted by Gasteiger charge is 1.97. The number of nitrogens with zero attached hydrogens (tertiary/aromatic N) is 1. The SMILES string of the molecule is Ic1cccc2cnsc12. The van der Waals surface area contributed by atoms with Gasteiger partial charge in [-0.3, -0.25) is 0 Å². The second-order valence-electron chi connectivity index (χ2n) is 1.98. The first-order valence-electron chi connectivity index (χ1n) is 2.87. The van der Waals surface area contributed by atoms with Gasteiger partial charge < -0.3 is 0 Å². The van der Waals surface area contributed by atoms with Gasteiger partial charge in [0, 0.05) is 15.2 Å². The van der Waals surface area contributed by atoms with E-state index in [9.17, 15) is 0 Å². The van der Waals surface area contributed by atoms with E-state index in [2.05, 4.69) is 45.2 Å². The molecule has 0 N–H and O–H groups in total. The molecule has 10 heavy (non-hydrogen) atoms. The molecule has 0 fully saturated rings. The molecule has 0 spiro atoms. The summed E-state index contributed by atoms with van der Waals surface area (Å²) >= 11 is 3.88. The molecule has 1 aromatic carbocycles. The van der Waals surface area contributed by atoms with Crippen LogP contribution >= 0.6 is 34.1 Å². The molecule has 0 atom stereocenters. The molecular formula is C7H4INS. The zero-order chi connectivity index (χ0) is 6.97. The van der Waals surface area contributed by atoms with Crippen molar-refractivity contribution in [3.05, 3.63) is 28.0 Å². The molecule has 1 heterocycles. The minimum absolute atomic E-state index is 1.25. The van der Waals surface area contributed by atoms with Gasteiger partial charge in [0.25, 0.3) is 0 Å². The second-order valence-corrected chi connectivity index (χ2v) is 3.95. The van der Waals surface area contributed by atoms with E-state index in [1.165, 1.54) is 13.7 Å². The molecule has 2 aromatic rings. The van der Waals surface area contributed by atoms with E-state index >= 15 is 0 Å². The van der Waals surface area contributed by atoms with Gasteiger partial charge in [-0.2, -0.15) is 4.37 Å². The first kappa shape index (κ1) is 6.54. The van der Waals surface area contributed by atoms with Gasteiger partial charge in [0.2, 0.25) is 0 Å². The van der Waals surface area contributed by atoms with E-state index in [4.69, 9.17) is 0 Å². The first-order chi connectivity index (χ1) is 4.88. The number of aromatic nitrogens is 1. The summed E-state index contributed by atoms with van der Waals surface area (Å²) in [6.07, 6.45) is 1.90. The zero-order valence-corrected chi connectivity index (χ0v) is 8.02. The molecule has 50 valence electrons. The van der Waals surface area contributed by atoms with Crippen LogP contribution in [0.25, 0.3) is 10.1 Å². The fourth-order valence-electron chi connectivity index (χ4n) is 0.859. The van der Waals surface area contributed by atoms with Crippen LogP contribution in [0.2, 0.25) is 0 Å². The van der Waals surface area contributed by atoms with Crippen molar-refractivity contribution in [1.82, 2.24) is 4.37 Å². The summed E-state index contributed by atoms with van der Waals surface area (Å²) in [5, 5.41) is 1.25. The van der Waals surface area contributed by atoms with Crippen molar-refractivity contribution in [2.24, 2.45) is 0 Å². The molecule has 0 radical (unpaired) electrons. The van der Waals surface area contributed by atoms with Crippen LogP contribution in [-0.4, -0.2) is 4.37 Å². The van der Waals surface area contributed by atoms with Crippen molar-refractivity contribution in [3.8, 4) is 0 Å². The Morgan fingerprint density at radius 3 is 3.10 bits per heavy atom. The highest BCUT2D eigenvalue weighted by atomic mass is 127. The monoisotopic (exact) mass is 261 g/mol. The van der Waals surface area contributed by atoms with E-state index in [-0.39, 0.29) is 0 Å². The normalized spacial score (nSPS) is 10.5. The van der Waals surface area contributed by atoms with Gasteiger partial charge in [0.1, 0.15) is 0 Å². The van der Waals surface area contributed by atoms with Crippen LogP contribution in [-0.2, 0) is 0 Å². The summed E-state index contributed by atoms with van der Waals surface area (Å²) in [6.45, 7) is 0. The Kier molecular flexibility index (Phi) is 1.61. The minimum Gasteiger partial charge on any atom is -0.200 e. The van der Waals surface area contributed by atoms with Gasteiger partial charge in [0.05, 0.1) is 4.70 Å². The van der Waals surface area contributed by atoms with Gasteiger partial charge in [-0.15, -0.1) is 0 Å². The van der Waals surface area contributed by atoms with Crippen LogP contribution in [0.1, 0.15) is 0 Å². The summed E-state index contributed by atoms with van der Waals surface area (Å²) in [7, 11) is 0. The Morgan fingerprint density at radius 1 is 1.40 bits per heavy atom. The Morgan fingerprint density at radius 2 is 2.30 bits per heavy atom. The lowest BCUT2D eigenvalue weighted by Gasteiger charge is -1.88. The lowest BCUT2D eigenvalue weighted by molar-refractivity contribution is 1.60. The van der Waals surface area contributed by atoms with E-state index < -0.39 is 0 Å². The maximum absolute atomic E-state index is 4.10. The molecule has 0 aliphatic heterocycles. The fourth-order valence-corrected chi connectivity index (χ4v) is 2.33. The van der Waals surface area contributed by atoms with Crippen molar-refractivity contribution in [3.63, 3.8) is 0 Å². The van der Waals surface area contributed by atoms with Crippen LogP contribution in [0.15, 0.2) is 24.4 Å². The molecule has 2 rings (SSSR count). The predicted molar refractivity (Wildman–Crippen MR) is 52.3 cm³/mol. The Balaban J connectivity index is 2.95. The van der Waals surface area contributed by atoms with Gasteiger partial charge >= 0.3 is 0 Å². The number of hydrogen-bond donors (Lipinski definition) is 0. The van der Waals surface area contributed by atoms with Crippen LogP contribution < -0.4 is 0 Å². The van der Waals surface area contributed by atoms with Crippen LogP contribution in [0.3, 0.4) is 0 Å². The van der Waals surface area contributed by atoms with Crippen LogP contribution in [0, 0.1) is 3.57 Å². The number of halogens is 1. The van der Waals surface area contributed by atoms with Crippen molar-refractivity contribution in [2.45, 2.75) is 0 Å². The van der Waals surface area contributed by atoms with E-state index in [1.807, 2.05) is 6.20 Å². The van der Waals surface area contributed by atoms with Crippen molar-refractivity contribution in [2.75, 3.05) is 0 Å². The number of benzene rings is 1. The quantitative estimate of drug-likeness (QED) is 0.664. The molecule has 1 nitrogen and oxygen atoms in total. The van der Waals surface area contributed by atoms with E-state index in [1.54, 1.807) is 11.5 Å². The second kappa shape index (κ2) is 2.47. The Bertz CT molecular complexity index is 355. The highest BCUT2D eigenvalue weighted by Crippen LogP contribution is 2.23. The van der Waals surface area contributed by atoms with Crippen molar-refractivity contribution >= 4 is 44.2 Å². The average molecular weight is 261 g/mol. The molecule has 0 unspecified atom stereocenters. The van der Waals surface area contributed by atoms with Gasteiger partial charge in [0.15, 0.2) is 0 Å². The maximum atomic E-state index is 4.10. The molecule has 0 aliphatic rings. The summed E-state index contributed by atoms with van der Waals surface area (Å²) in [4.78, 5) is 0. The van der Waals surface area contributed by atoms with E-state index in [0.29, 0.717) is 0 Å². The summed E-state index contributed by atoms with van der Waals surface area (Å²) in [5.41, 5.74) is 0. The summed E-state index contributed by atoms with van der Waals surface area (Å²) in [6, 6.07) is 6.24. The highest BCUT2D eigenvalue weighted by molar-refractivity contribution is 14.1. The molecule has 0 saturated carbocycles. The zero-order valence-electron chi connectivity index (χ0n) is 5.04. The smallest absolute Gasteiger partial charge is 0.0683 e. The predicted octanol–water partition coefficient (Wildman–Crippen LogP) is 2.90. The lowest BCUT2D eigenvalue weighted by Crippen LogP contribution is -1.66. The Hall–Kier alpha value is -0.160. The summed E-state index contributed by atoms with van der Waals surface area (Å²) < 4.78 is 6.68. The number of hydrogen-bond acceptors (Lipinski definition) is 2.